The lowest BCUT2D eigenvalue weighted by atomic mass is 10.1. The van der Waals surface area contributed by atoms with E-state index in [1.807, 2.05) is 6.26 Å². The first-order valence-corrected chi connectivity index (χ1v) is 9.81. The molecule has 1 aromatic carbocycles. The highest BCUT2D eigenvalue weighted by Gasteiger charge is 2.31. The third-order valence-corrected chi connectivity index (χ3v) is 4.96. The van der Waals surface area contributed by atoms with Gasteiger partial charge in [-0.15, -0.1) is 0 Å². The molecule has 0 bridgehead atoms. The first-order valence-electron chi connectivity index (χ1n) is 8.41. The van der Waals surface area contributed by atoms with Crippen molar-refractivity contribution in [2.75, 3.05) is 43.1 Å². The summed E-state index contributed by atoms with van der Waals surface area (Å²) in [7, 11) is 0. The quantitative estimate of drug-likeness (QED) is 0.762. The summed E-state index contributed by atoms with van der Waals surface area (Å²) < 4.78 is 38.5. The maximum Gasteiger partial charge on any atom is 0.416 e. The van der Waals surface area contributed by atoms with E-state index in [9.17, 15) is 27.9 Å². The molecule has 0 aromatic heterocycles. The van der Waals surface area contributed by atoms with Gasteiger partial charge in [-0.3, -0.25) is 0 Å². The lowest BCUT2D eigenvalue weighted by Crippen LogP contribution is -2.54. The van der Waals surface area contributed by atoms with Crippen LogP contribution in [0.2, 0.25) is 0 Å². The number of benzene rings is 1. The largest absolute Gasteiger partial charge is 0.480 e. The third kappa shape index (κ3) is 5.95. The number of carboxylic acids is 1. The van der Waals surface area contributed by atoms with Gasteiger partial charge in [-0.05, 0) is 36.6 Å². The van der Waals surface area contributed by atoms with Gasteiger partial charge in [-0.2, -0.15) is 24.9 Å². The third-order valence-electron chi connectivity index (χ3n) is 4.31. The summed E-state index contributed by atoms with van der Waals surface area (Å²) in [5.41, 5.74) is -0.258. The number of aliphatic carboxylic acids is 1. The Labute approximate surface area is 159 Å². The highest BCUT2D eigenvalue weighted by atomic mass is 32.2. The minimum absolute atomic E-state index is 0.303. The first kappa shape index (κ1) is 21.2. The Kier molecular flexibility index (Phi) is 7.23. The van der Waals surface area contributed by atoms with Gasteiger partial charge in [0.1, 0.15) is 6.04 Å². The zero-order chi connectivity index (χ0) is 20.0. The van der Waals surface area contributed by atoms with Gasteiger partial charge >= 0.3 is 18.2 Å². The number of piperazine rings is 1. The van der Waals surface area contributed by atoms with Crippen LogP contribution in [0.4, 0.5) is 23.7 Å². The van der Waals surface area contributed by atoms with E-state index >= 15 is 0 Å². The number of nitrogens with one attached hydrogen (secondary N) is 1. The topological polar surface area (TPSA) is 72.9 Å². The van der Waals surface area contributed by atoms with Crippen molar-refractivity contribution < 1.29 is 27.9 Å². The van der Waals surface area contributed by atoms with E-state index in [1.165, 1.54) is 22.7 Å². The van der Waals surface area contributed by atoms with E-state index in [-0.39, 0.29) is 0 Å². The molecule has 0 aliphatic carbocycles. The molecule has 1 atom stereocenters. The van der Waals surface area contributed by atoms with Crippen LogP contribution in [-0.4, -0.2) is 66.2 Å². The lowest BCUT2D eigenvalue weighted by molar-refractivity contribution is -0.139. The monoisotopic (exact) mass is 405 g/mol. The number of rotatable bonds is 6. The molecule has 0 radical (unpaired) electrons. The minimum atomic E-state index is -4.40. The number of anilines is 1. The summed E-state index contributed by atoms with van der Waals surface area (Å²) >= 11 is 1.50. The molecule has 1 aliphatic rings. The van der Waals surface area contributed by atoms with Gasteiger partial charge < -0.3 is 20.2 Å². The molecular formula is C17H22F3N3O3S. The van der Waals surface area contributed by atoms with Crippen LogP contribution in [0.15, 0.2) is 24.3 Å². The van der Waals surface area contributed by atoms with Gasteiger partial charge in [-0.1, -0.05) is 6.07 Å². The van der Waals surface area contributed by atoms with E-state index in [0.29, 0.717) is 44.0 Å². The van der Waals surface area contributed by atoms with Crippen molar-refractivity contribution in [2.24, 2.45) is 0 Å². The van der Waals surface area contributed by atoms with Gasteiger partial charge in [0.05, 0.1) is 5.56 Å². The molecule has 150 valence electrons. The van der Waals surface area contributed by atoms with Crippen molar-refractivity contribution in [3.05, 3.63) is 29.8 Å². The molecule has 0 saturated carbocycles. The molecule has 6 nitrogen and oxygen atoms in total. The van der Waals surface area contributed by atoms with E-state index in [0.717, 1.165) is 12.1 Å². The number of carbonyl (C=O) groups excluding carboxylic acids is 1. The number of halogens is 3. The van der Waals surface area contributed by atoms with Crippen LogP contribution in [0.1, 0.15) is 12.0 Å². The average molecular weight is 405 g/mol. The summed E-state index contributed by atoms with van der Waals surface area (Å²) in [5.74, 6) is -0.472. The van der Waals surface area contributed by atoms with Crippen molar-refractivity contribution in [1.82, 2.24) is 10.2 Å². The van der Waals surface area contributed by atoms with Gasteiger partial charge in [0.2, 0.25) is 0 Å². The van der Waals surface area contributed by atoms with Crippen LogP contribution in [0.3, 0.4) is 0 Å². The van der Waals surface area contributed by atoms with Gasteiger partial charge in [0.25, 0.3) is 0 Å². The lowest BCUT2D eigenvalue weighted by Gasteiger charge is -2.36. The Morgan fingerprint density at radius 2 is 1.93 bits per heavy atom. The Morgan fingerprint density at radius 1 is 1.26 bits per heavy atom. The molecule has 1 unspecified atom stereocenters. The van der Waals surface area contributed by atoms with Crippen LogP contribution in [0.25, 0.3) is 0 Å². The number of urea groups is 1. The molecular weight excluding hydrogens is 383 g/mol. The molecule has 1 heterocycles. The molecule has 2 rings (SSSR count). The van der Waals surface area contributed by atoms with Crippen LogP contribution >= 0.6 is 11.8 Å². The number of hydrogen-bond acceptors (Lipinski definition) is 4. The standard InChI is InChI=1S/C17H22F3N3O3S/c1-27-10-5-14(15(24)25)21-16(26)23-8-6-22(7-9-23)13-4-2-3-12(11-13)17(18,19)20/h2-4,11,14H,5-10H2,1H3,(H,21,26)(H,24,25). The van der Waals surface area contributed by atoms with Crippen LogP contribution in [-0.2, 0) is 11.0 Å². The number of carbonyl (C=O) groups is 2. The maximum atomic E-state index is 12.8. The summed E-state index contributed by atoms with van der Waals surface area (Å²) in [6, 6.07) is 3.67. The smallest absolute Gasteiger partial charge is 0.416 e. The fraction of sp³-hybridized carbons (Fsp3) is 0.529. The van der Waals surface area contributed by atoms with Gasteiger partial charge in [0, 0.05) is 31.9 Å². The summed E-state index contributed by atoms with van der Waals surface area (Å²) in [6.07, 6.45) is -2.22. The minimum Gasteiger partial charge on any atom is -0.480 e. The van der Waals surface area contributed by atoms with Crippen LogP contribution in [0.5, 0.6) is 0 Å². The fourth-order valence-electron chi connectivity index (χ4n) is 2.78. The predicted molar refractivity (Wildman–Crippen MR) is 98.2 cm³/mol. The van der Waals surface area contributed by atoms with Crippen molar-refractivity contribution >= 4 is 29.4 Å². The Hall–Kier alpha value is -2.10. The van der Waals surface area contributed by atoms with E-state index < -0.39 is 29.8 Å². The number of nitrogens with zero attached hydrogens (tertiary/aromatic N) is 2. The second kappa shape index (κ2) is 9.20. The molecule has 1 aliphatic heterocycles. The molecule has 1 fully saturated rings. The predicted octanol–water partition coefficient (Wildman–Crippen LogP) is 2.74. The van der Waals surface area contributed by atoms with Crippen LogP contribution in [0, 0.1) is 0 Å². The molecule has 2 N–H and O–H groups in total. The number of hydrogen-bond donors (Lipinski definition) is 2. The number of carboxylic acid groups (broad SMARTS) is 1. The zero-order valence-corrected chi connectivity index (χ0v) is 15.6. The van der Waals surface area contributed by atoms with Crippen LogP contribution < -0.4 is 10.2 Å². The average Bonchev–Trinajstić information content (AvgIpc) is 2.64. The van der Waals surface area contributed by atoms with E-state index in [1.54, 1.807) is 11.0 Å². The Bertz CT molecular complexity index is 664. The highest BCUT2D eigenvalue weighted by Crippen LogP contribution is 2.31. The maximum absolute atomic E-state index is 12.8. The second-order valence-corrected chi connectivity index (χ2v) is 7.13. The zero-order valence-electron chi connectivity index (χ0n) is 14.8. The molecule has 2 amide bonds. The van der Waals surface area contributed by atoms with Gasteiger partial charge in [-0.25, -0.2) is 9.59 Å². The Balaban J connectivity index is 1.93. The molecule has 10 heteroatoms. The van der Waals surface area contributed by atoms with Crippen molar-refractivity contribution in [1.29, 1.82) is 0 Å². The number of thioether (sulfide) groups is 1. The second-order valence-electron chi connectivity index (χ2n) is 6.14. The van der Waals surface area contributed by atoms with Crippen molar-refractivity contribution in [3.63, 3.8) is 0 Å². The Morgan fingerprint density at radius 3 is 2.48 bits per heavy atom. The molecule has 27 heavy (non-hydrogen) atoms. The van der Waals surface area contributed by atoms with Crippen molar-refractivity contribution in [3.8, 4) is 0 Å². The summed E-state index contributed by atoms with van der Waals surface area (Å²) in [4.78, 5) is 26.8. The van der Waals surface area contributed by atoms with Crippen molar-refractivity contribution in [2.45, 2.75) is 18.6 Å². The SMILES string of the molecule is CSCCC(NC(=O)N1CCN(c2cccc(C(F)(F)F)c2)CC1)C(=O)O. The molecule has 1 saturated heterocycles. The summed E-state index contributed by atoms with van der Waals surface area (Å²) in [5, 5.41) is 11.7. The normalized spacial score (nSPS) is 16.1. The highest BCUT2D eigenvalue weighted by molar-refractivity contribution is 7.98. The van der Waals surface area contributed by atoms with E-state index in [2.05, 4.69) is 5.32 Å². The number of alkyl halides is 3. The molecule has 0 spiro atoms. The molecule has 1 aromatic rings. The number of amides is 2. The van der Waals surface area contributed by atoms with Gasteiger partial charge in [0.15, 0.2) is 0 Å². The summed E-state index contributed by atoms with van der Waals surface area (Å²) in [6.45, 7) is 1.35. The fourth-order valence-corrected chi connectivity index (χ4v) is 3.25. The van der Waals surface area contributed by atoms with E-state index in [4.69, 9.17) is 0 Å². The first-order chi connectivity index (χ1) is 12.7.